The SMILES string of the molecule is CCOc1ccccc1-c1nn(CN(C)Cc2ccc(F)cc2)c(=S)o1. The molecule has 0 fully saturated rings. The summed E-state index contributed by atoms with van der Waals surface area (Å²) >= 11 is 5.30. The van der Waals surface area contributed by atoms with Crippen LogP contribution < -0.4 is 4.74 Å². The number of aromatic nitrogens is 2. The first-order valence-electron chi connectivity index (χ1n) is 8.30. The van der Waals surface area contributed by atoms with Crippen molar-refractivity contribution in [3.8, 4) is 17.2 Å². The number of ether oxygens (including phenoxy) is 1. The lowest BCUT2D eigenvalue weighted by Crippen LogP contribution is -2.22. The van der Waals surface area contributed by atoms with Gasteiger partial charge in [-0.3, -0.25) is 4.90 Å². The van der Waals surface area contributed by atoms with Crippen LogP contribution in [0.3, 0.4) is 0 Å². The van der Waals surface area contributed by atoms with Crippen molar-refractivity contribution in [2.75, 3.05) is 13.7 Å². The highest BCUT2D eigenvalue weighted by molar-refractivity contribution is 7.71. The number of para-hydroxylation sites is 1. The van der Waals surface area contributed by atoms with Crippen molar-refractivity contribution >= 4 is 12.2 Å². The van der Waals surface area contributed by atoms with Crippen LogP contribution >= 0.6 is 12.2 Å². The molecule has 0 spiro atoms. The molecule has 136 valence electrons. The largest absolute Gasteiger partial charge is 0.493 e. The molecule has 2 aromatic carbocycles. The fourth-order valence-electron chi connectivity index (χ4n) is 2.61. The van der Waals surface area contributed by atoms with Crippen LogP contribution in [0.2, 0.25) is 0 Å². The maximum atomic E-state index is 13.0. The number of rotatable bonds is 7. The van der Waals surface area contributed by atoms with Gasteiger partial charge in [0.25, 0.3) is 10.7 Å². The van der Waals surface area contributed by atoms with Crippen LogP contribution in [0.25, 0.3) is 11.5 Å². The smallest absolute Gasteiger partial charge is 0.288 e. The molecule has 0 radical (unpaired) electrons. The third kappa shape index (κ3) is 4.36. The summed E-state index contributed by atoms with van der Waals surface area (Å²) < 4.78 is 25.9. The molecule has 5 nitrogen and oxygen atoms in total. The van der Waals surface area contributed by atoms with Crippen molar-refractivity contribution in [1.82, 2.24) is 14.7 Å². The summed E-state index contributed by atoms with van der Waals surface area (Å²) in [7, 11) is 1.94. The average molecular weight is 373 g/mol. The number of hydrogen-bond donors (Lipinski definition) is 0. The first-order valence-corrected chi connectivity index (χ1v) is 8.70. The second-order valence-corrected chi connectivity index (χ2v) is 6.23. The van der Waals surface area contributed by atoms with E-state index in [0.29, 0.717) is 31.5 Å². The summed E-state index contributed by atoms with van der Waals surface area (Å²) in [5.74, 6) is 0.889. The third-order valence-electron chi connectivity index (χ3n) is 3.76. The molecule has 0 bridgehead atoms. The minimum Gasteiger partial charge on any atom is -0.493 e. The van der Waals surface area contributed by atoms with Gasteiger partial charge in [-0.1, -0.05) is 24.3 Å². The monoisotopic (exact) mass is 373 g/mol. The molecule has 26 heavy (non-hydrogen) atoms. The van der Waals surface area contributed by atoms with Crippen LogP contribution in [0, 0.1) is 10.7 Å². The standard InChI is InChI=1S/C19H20FN3O2S/c1-3-24-17-7-5-4-6-16(17)18-21-23(19(26)25-18)13-22(2)12-14-8-10-15(20)11-9-14/h4-11H,3,12-13H2,1-2H3. The summed E-state index contributed by atoms with van der Waals surface area (Å²) in [6, 6.07) is 14.0. The summed E-state index contributed by atoms with van der Waals surface area (Å²) in [6.45, 7) is 3.57. The lowest BCUT2D eigenvalue weighted by molar-refractivity contribution is 0.240. The average Bonchev–Trinajstić information content (AvgIpc) is 2.98. The van der Waals surface area contributed by atoms with Crippen LogP contribution in [0.5, 0.6) is 5.75 Å². The maximum Gasteiger partial charge on any atom is 0.288 e. The van der Waals surface area contributed by atoms with Crippen LogP contribution in [-0.2, 0) is 13.2 Å². The Balaban J connectivity index is 1.76. The van der Waals surface area contributed by atoms with Crippen molar-refractivity contribution in [3.05, 3.63) is 64.7 Å². The van der Waals surface area contributed by atoms with E-state index in [0.717, 1.165) is 11.1 Å². The molecule has 0 aliphatic heterocycles. The second kappa shape index (κ2) is 8.25. The zero-order chi connectivity index (χ0) is 18.5. The molecule has 0 saturated carbocycles. The van der Waals surface area contributed by atoms with Gasteiger partial charge in [0.05, 0.1) is 18.8 Å². The Kier molecular flexibility index (Phi) is 5.80. The Hall–Kier alpha value is -2.51. The minimum atomic E-state index is -0.243. The molecule has 0 atom stereocenters. The summed E-state index contributed by atoms with van der Waals surface area (Å²) in [4.78, 5) is 2.31. The highest BCUT2D eigenvalue weighted by Gasteiger charge is 2.14. The summed E-state index contributed by atoms with van der Waals surface area (Å²) in [6.07, 6.45) is 0. The molecule has 0 aliphatic carbocycles. The molecule has 0 unspecified atom stereocenters. The number of hydrogen-bond acceptors (Lipinski definition) is 5. The Labute approximate surface area is 156 Å². The van der Waals surface area contributed by atoms with Gasteiger partial charge in [0, 0.05) is 6.54 Å². The van der Waals surface area contributed by atoms with E-state index in [1.54, 1.807) is 16.8 Å². The van der Waals surface area contributed by atoms with Crippen LogP contribution in [0.4, 0.5) is 4.39 Å². The van der Waals surface area contributed by atoms with Gasteiger partial charge in [0.1, 0.15) is 11.6 Å². The van der Waals surface area contributed by atoms with Crippen molar-refractivity contribution < 1.29 is 13.5 Å². The lowest BCUT2D eigenvalue weighted by atomic mass is 10.2. The normalized spacial score (nSPS) is 11.1. The van der Waals surface area contributed by atoms with E-state index in [2.05, 4.69) is 5.10 Å². The zero-order valence-electron chi connectivity index (χ0n) is 14.7. The van der Waals surface area contributed by atoms with E-state index in [1.165, 1.54) is 12.1 Å². The molecule has 3 aromatic rings. The van der Waals surface area contributed by atoms with Gasteiger partial charge in [0.15, 0.2) is 0 Å². The number of benzene rings is 2. The van der Waals surface area contributed by atoms with E-state index in [4.69, 9.17) is 21.4 Å². The maximum absolute atomic E-state index is 13.0. The van der Waals surface area contributed by atoms with E-state index >= 15 is 0 Å². The van der Waals surface area contributed by atoms with Gasteiger partial charge in [-0.25, -0.2) is 9.07 Å². The lowest BCUT2D eigenvalue weighted by Gasteiger charge is -2.15. The van der Waals surface area contributed by atoms with Gasteiger partial charge in [0.2, 0.25) is 0 Å². The van der Waals surface area contributed by atoms with Gasteiger partial charge in [-0.2, -0.15) is 0 Å². The van der Waals surface area contributed by atoms with Crippen molar-refractivity contribution in [2.45, 2.75) is 20.1 Å². The van der Waals surface area contributed by atoms with Gasteiger partial charge in [-0.05, 0) is 56.0 Å². The molecule has 1 aromatic heterocycles. The third-order valence-corrected chi connectivity index (χ3v) is 4.06. The van der Waals surface area contributed by atoms with Gasteiger partial charge in [-0.15, -0.1) is 5.10 Å². The summed E-state index contributed by atoms with van der Waals surface area (Å²) in [5, 5.41) is 4.48. The predicted molar refractivity (Wildman–Crippen MR) is 99.8 cm³/mol. The van der Waals surface area contributed by atoms with Crippen LogP contribution in [-0.4, -0.2) is 28.3 Å². The molecule has 0 saturated heterocycles. The first-order chi connectivity index (χ1) is 12.6. The molecule has 0 N–H and O–H groups in total. The highest BCUT2D eigenvalue weighted by atomic mass is 32.1. The Morgan fingerprint density at radius 3 is 2.65 bits per heavy atom. The van der Waals surface area contributed by atoms with Crippen molar-refractivity contribution in [3.63, 3.8) is 0 Å². The number of nitrogens with zero attached hydrogens (tertiary/aromatic N) is 3. The van der Waals surface area contributed by atoms with E-state index < -0.39 is 0 Å². The Morgan fingerprint density at radius 2 is 1.92 bits per heavy atom. The highest BCUT2D eigenvalue weighted by Crippen LogP contribution is 2.28. The molecule has 3 rings (SSSR count). The van der Waals surface area contributed by atoms with Gasteiger partial charge >= 0.3 is 0 Å². The minimum absolute atomic E-state index is 0.243. The second-order valence-electron chi connectivity index (χ2n) is 5.88. The van der Waals surface area contributed by atoms with Crippen molar-refractivity contribution in [1.29, 1.82) is 0 Å². The predicted octanol–water partition coefficient (Wildman–Crippen LogP) is 4.50. The number of halogens is 1. The molecule has 1 heterocycles. The quantitative estimate of drug-likeness (QED) is 0.571. The van der Waals surface area contributed by atoms with Crippen LogP contribution in [0.1, 0.15) is 12.5 Å². The Morgan fingerprint density at radius 1 is 1.19 bits per heavy atom. The Bertz CT molecular complexity index is 921. The zero-order valence-corrected chi connectivity index (χ0v) is 15.5. The first kappa shape index (κ1) is 18.3. The molecular formula is C19H20FN3O2S. The molecule has 0 aliphatic rings. The fraction of sp³-hybridized carbons (Fsp3) is 0.263. The molecule has 7 heteroatoms. The molecular weight excluding hydrogens is 353 g/mol. The fourth-order valence-corrected chi connectivity index (χ4v) is 2.79. The van der Waals surface area contributed by atoms with Gasteiger partial charge < -0.3 is 9.15 Å². The van der Waals surface area contributed by atoms with E-state index in [9.17, 15) is 4.39 Å². The molecule has 0 amide bonds. The summed E-state index contributed by atoms with van der Waals surface area (Å²) in [5.41, 5.74) is 1.77. The van der Waals surface area contributed by atoms with E-state index in [-0.39, 0.29) is 10.7 Å². The van der Waals surface area contributed by atoms with E-state index in [1.807, 2.05) is 43.1 Å². The topological polar surface area (TPSA) is 43.4 Å². The van der Waals surface area contributed by atoms with Crippen molar-refractivity contribution in [2.24, 2.45) is 0 Å². The van der Waals surface area contributed by atoms with Crippen LogP contribution in [0.15, 0.2) is 52.9 Å².